The molecule has 2 aromatic heterocycles. The van der Waals surface area contributed by atoms with Crippen molar-refractivity contribution in [3.8, 4) is 17.0 Å². The molecule has 1 atom stereocenters. The van der Waals surface area contributed by atoms with Gasteiger partial charge in [-0.15, -0.1) is 0 Å². The van der Waals surface area contributed by atoms with Crippen molar-refractivity contribution in [1.29, 1.82) is 0 Å². The lowest BCUT2D eigenvalue weighted by atomic mass is 10.0. The lowest BCUT2D eigenvalue weighted by Gasteiger charge is -2.16. The Kier molecular flexibility index (Phi) is 6.72. The minimum Gasteiger partial charge on any atom is -0.449 e. The maximum absolute atomic E-state index is 13.1. The number of ether oxygens (including phenoxy) is 2. The number of rotatable bonds is 7. The Morgan fingerprint density at radius 2 is 1.77 bits per heavy atom. The number of pyridine rings is 1. The second-order valence-electron chi connectivity index (χ2n) is 7.78. The first kappa shape index (κ1) is 23.8. The summed E-state index contributed by atoms with van der Waals surface area (Å²) >= 11 is 0. The molecule has 0 aliphatic heterocycles. The number of para-hydroxylation sites is 2. The zero-order valence-electron chi connectivity index (χ0n) is 19.0. The Morgan fingerprint density at radius 1 is 1.06 bits per heavy atom. The highest BCUT2D eigenvalue weighted by atomic mass is 19.3. The fraction of sp³-hybridized carbons (Fsp3) is 0.200. The van der Waals surface area contributed by atoms with Crippen molar-refractivity contribution in [3.63, 3.8) is 0 Å². The van der Waals surface area contributed by atoms with Crippen LogP contribution in [0, 0.1) is 13.8 Å². The standard InChI is InChI=1S/C25H21F2N3O5/c1-13-8-10-16(11-9-13)19-12-17(21-14(2)30-35-23(21)29-19)24(32)33-15(3)22(31)28-18-6-4-5-7-20(18)34-25(26)27/h4-12,15,25H,1-3H3,(H,28,31). The summed E-state index contributed by atoms with van der Waals surface area (Å²) in [7, 11) is 0. The Morgan fingerprint density at radius 3 is 2.49 bits per heavy atom. The quantitative estimate of drug-likeness (QED) is 0.358. The first-order chi connectivity index (χ1) is 16.7. The number of aromatic nitrogens is 2. The molecule has 10 heteroatoms. The normalized spacial score (nSPS) is 11.9. The monoisotopic (exact) mass is 481 g/mol. The average Bonchev–Trinajstić information content (AvgIpc) is 3.20. The third-order valence-electron chi connectivity index (χ3n) is 5.20. The Balaban J connectivity index is 1.58. The van der Waals surface area contributed by atoms with Crippen molar-refractivity contribution in [3.05, 3.63) is 71.4 Å². The smallest absolute Gasteiger partial charge is 0.387 e. The molecule has 1 unspecified atom stereocenters. The van der Waals surface area contributed by atoms with Crippen molar-refractivity contribution >= 4 is 28.7 Å². The molecule has 180 valence electrons. The molecule has 35 heavy (non-hydrogen) atoms. The van der Waals surface area contributed by atoms with E-state index in [1.54, 1.807) is 19.1 Å². The van der Waals surface area contributed by atoms with E-state index in [-0.39, 0.29) is 22.7 Å². The molecule has 0 fully saturated rings. The number of nitrogens with one attached hydrogen (secondary N) is 1. The van der Waals surface area contributed by atoms with Crippen LogP contribution >= 0.6 is 0 Å². The Hall–Kier alpha value is -4.34. The number of anilines is 1. The van der Waals surface area contributed by atoms with Crippen LogP contribution in [0.2, 0.25) is 0 Å². The first-order valence-electron chi connectivity index (χ1n) is 10.6. The van der Waals surface area contributed by atoms with Gasteiger partial charge in [-0.1, -0.05) is 47.1 Å². The van der Waals surface area contributed by atoms with Gasteiger partial charge in [0.1, 0.15) is 5.75 Å². The van der Waals surface area contributed by atoms with Crippen LogP contribution in [0.3, 0.4) is 0 Å². The summed E-state index contributed by atoms with van der Waals surface area (Å²) in [5.74, 6) is -1.74. The third kappa shape index (κ3) is 5.26. The van der Waals surface area contributed by atoms with Crippen LogP contribution in [-0.4, -0.2) is 34.7 Å². The Bertz CT molecular complexity index is 1390. The van der Waals surface area contributed by atoms with E-state index in [1.165, 1.54) is 25.1 Å². The second-order valence-corrected chi connectivity index (χ2v) is 7.78. The van der Waals surface area contributed by atoms with Gasteiger partial charge in [-0.25, -0.2) is 9.78 Å². The summed E-state index contributed by atoms with van der Waals surface area (Å²) in [5.41, 5.74) is 3.02. The molecule has 2 aromatic carbocycles. The van der Waals surface area contributed by atoms with E-state index in [4.69, 9.17) is 9.26 Å². The average molecular weight is 481 g/mol. The Labute approximate surface area is 198 Å². The van der Waals surface area contributed by atoms with Gasteiger partial charge in [-0.3, -0.25) is 4.79 Å². The number of aryl methyl sites for hydroxylation is 2. The van der Waals surface area contributed by atoms with Gasteiger partial charge in [-0.05, 0) is 39.0 Å². The number of hydrogen-bond donors (Lipinski definition) is 1. The number of hydrogen-bond acceptors (Lipinski definition) is 7. The molecular weight excluding hydrogens is 460 g/mol. The zero-order valence-corrected chi connectivity index (χ0v) is 19.0. The number of esters is 1. The number of nitrogens with zero attached hydrogens (tertiary/aromatic N) is 2. The number of amides is 1. The lowest BCUT2D eigenvalue weighted by molar-refractivity contribution is -0.123. The van der Waals surface area contributed by atoms with Crippen LogP contribution < -0.4 is 10.1 Å². The van der Waals surface area contributed by atoms with Gasteiger partial charge in [-0.2, -0.15) is 8.78 Å². The van der Waals surface area contributed by atoms with Crippen molar-refractivity contribution in [2.45, 2.75) is 33.5 Å². The van der Waals surface area contributed by atoms with Crippen molar-refractivity contribution in [2.75, 3.05) is 5.32 Å². The van der Waals surface area contributed by atoms with E-state index in [2.05, 4.69) is 20.2 Å². The summed E-state index contributed by atoms with van der Waals surface area (Å²) < 4.78 is 40.4. The summed E-state index contributed by atoms with van der Waals surface area (Å²) in [6.07, 6.45) is -1.26. The molecule has 0 radical (unpaired) electrons. The molecule has 0 aliphatic rings. The van der Waals surface area contributed by atoms with Crippen molar-refractivity contribution in [2.24, 2.45) is 0 Å². The number of benzene rings is 2. The third-order valence-corrected chi connectivity index (χ3v) is 5.20. The van der Waals surface area contributed by atoms with E-state index < -0.39 is 24.6 Å². The molecular formula is C25H21F2N3O5. The number of carbonyl (C=O) groups is 2. The van der Waals surface area contributed by atoms with E-state index >= 15 is 0 Å². The molecule has 8 nitrogen and oxygen atoms in total. The highest BCUT2D eigenvalue weighted by Gasteiger charge is 2.25. The van der Waals surface area contributed by atoms with Crippen LogP contribution in [0.15, 0.2) is 59.1 Å². The van der Waals surface area contributed by atoms with E-state index in [0.717, 1.165) is 11.1 Å². The summed E-state index contributed by atoms with van der Waals surface area (Å²) in [6, 6.07) is 14.8. The lowest BCUT2D eigenvalue weighted by Crippen LogP contribution is -2.30. The summed E-state index contributed by atoms with van der Waals surface area (Å²) in [5, 5.41) is 6.70. The van der Waals surface area contributed by atoms with Crippen LogP contribution in [0.5, 0.6) is 5.75 Å². The van der Waals surface area contributed by atoms with Crippen LogP contribution in [0.1, 0.15) is 28.5 Å². The van der Waals surface area contributed by atoms with Gasteiger partial charge in [0, 0.05) is 5.56 Å². The summed E-state index contributed by atoms with van der Waals surface area (Å²) in [6.45, 7) is 1.91. The largest absolute Gasteiger partial charge is 0.449 e. The molecule has 4 aromatic rings. The maximum Gasteiger partial charge on any atom is 0.387 e. The molecule has 0 aliphatic carbocycles. The molecule has 1 amide bonds. The fourth-order valence-corrected chi connectivity index (χ4v) is 3.41. The molecule has 0 spiro atoms. The topological polar surface area (TPSA) is 104 Å². The maximum atomic E-state index is 13.1. The molecule has 0 saturated carbocycles. The predicted molar refractivity (Wildman–Crippen MR) is 123 cm³/mol. The number of carbonyl (C=O) groups excluding carboxylic acids is 2. The molecule has 0 saturated heterocycles. The van der Waals surface area contributed by atoms with Crippen LogP contribution in [0.25, 0.3) is 22.4 Å². The predicted octanol–water partition coefficient (Wildman–Crippen LogP) is 5.29. The minimum absolute atomic E-state index is 0.0172. The minimum atomic E-state index is -3.06. The van der Waals surface area contributed by atoms with E-state index in [9.17, 15) is 18.4 Å². The van der Waals surface area contributed by atoms with Gasteiger partial charge in [0.2, 0.25) is 0 Å². The second kappa shape index (κ2) is 9.88. The highest BCUT2D eigenvalue weighted by Crippen LogP contribution is 2.29. The van der Waals surface area contributed by atoms with Gasteiger partial charge in [0.25, 0.3) is 11.6 Å². The van der Waals surface area contributed by atoms with Crippen molar-refractivity contribution in [1.82, 2.24) is 10.1 Å². The molecule has 4 rings (SSSR count). The van der Waals surface area contributed by atoms with Gasteiger partial charge in [0.15, 0.2) is 6.10 Å². The van der Waals surface area contributed by atoms with Crippen molar-refractivity contribution < 1.29 is 32.4 Å². The number of alkyl halides is 2. The zero-order chi connectivity index (χ0) is 25.1. The first-order valence-corrected chi connectivity index (χ1v) is 10.6. The fourth-order valence-electron chi connectivity index (χ4n) is 3.41. The molecule has 0 bridgehead atoms. The number of halogens is 2. The molecule has 2 heterocycles. The van der Waals surface area contributed by atoms with Gasteiger partial charge < -0.3 is 19.3 Å². The van der Waals surface area contributed by atoms with E-state index in [0.29, 0.717) is 16.8 Å². The van der Waals surface area contributed by atoms with Gasteiger partial charge in [0.05, 0.1) is 28.0 Å². The molecule has 1 N–H and O–H groups in total. The SMILES string of the molecule is Cc1ccc(-c2cc(C(=O)OC(C)C(=O)Nc3ccccc3OC(F)F)c3c(C)noc3n2)cc1. The number of fused-ring (bicyclic) bond motifs is 1. The van der Waals surface area contributed by atoms with Crippen LogP contribution in [-0.2, 0) is 9.53 Å². The highest BCUT2D eigenvalue weighted by molar-refractivity contribution is 6.05. The summed E-state index contributed by atoms with van der Waals surface area (Å²) in [4.78, 5) is 30.2. The van der Waals surface area contributed by atoms with Crippen LogP contribution in [0.4, 0.5) is 14.5 Å². The van der Waals surface area contributed by atoms with E-state index in [1.807, 2.05) is 31.2 Å². The van der Waals surface area contributed by atoms with Gasteiger partial charge >= 0.3 is 12.6 Å².